The second kappa shape index (κ2) is 6.34. The third-order valence-electron chi connectivity index (χ3n) is 5.16. The van der Waals surface area contributed by atoms with E-state index < -0.39 is 0 Å². The lowest BCUT2D eigenvalue weighted by Gasteiger charge is -2.32. The first-order chi connectivity index (χ1) is 10.9. The van der Waals surface area contributed by atoms with Crippen molar-refractivity contribution in [3.05, 3.63) is 23.8 Å². The number of carbonyl (C=O) groups is 2. The van der Waals surface area contributed by atoms with Gasteiger partial charge < -0.3 is 10.6 Å². The van der Waals surface area contributed by atoms with Crippen LogP contribution in [-0.2, 0) is 15.0 Å². The van der Waals surface area contributed by atoms with Crippen LogP contribution in [0.2, 0.25) is 0 Å². The number of anilines is 2. The molecular weight excluding hydrogens is 288 g/mol. The third-order valence-corrected chi connectivity index (χ3v) is 5.16. The molecule has 0 spiro atoms. The van der Waals surface area contributed by atoms with E-state index in [-0.39, 0.29) is 17.2 Å². The van der Waals surface area contributed by atoms with Gasteiger partial charge in [-0.2, -0.15) is 0 Å². The molecule has 1 aromatic carbocycles. The van der Waals surface area contributed by atoms with Crippen LogP contribution in [0.4, 0.5) is 11.4 Å². The Morgan fingerprint density at radius 1 is 1.30 bits per heavy atom. The van der Waals surface area contributed by atoms with Gasteiger partial charge in [-0.05, 0) is 36.1 Å². The summed E-state index contributed by atoms with van der Waals surface area (Å²) in [5, 5.41) is 5.92. The summed E-state index contributed by atoms with van der Waals surface area (Å²) in [6, 6.07) is 5.76. The van der Waals surface area contributed by atoms with Crippen molar-refractivity contribution in [1.29, 1.82) is 0 Å². The summed E-state index contributed by atoms with van der Waals surface area (Å²) in [5.74, 6) is 0.878. The van der Waals surface area contributed by atoms with Crippen molar-refractivity contribution >= 4 is 23.2 Å². The molecule has 2 aliphatic rings. The second-order valence-electron chi connectivity index (χ2n) is 7.61. The highest BCUT2D eigenvalue weighted by molar-refractivity contribution is 5.97. The molecule has 4 nitrogen and oxygen atoms in total. The average Bonchev–Trinajstić information content (AvgIpc) is 2.98. The predicted octanol–water partition coefficient (Wildman–Crippen LogP) is 4.22. The zero-order chi connectivity index (χ0) is 16.4. The Morgan fingerprint density at radius 2 is 2.04 bits per heavy atom. The average molecular weight is 314 g/mol. The minimum Gasteiger partial charge on any atom is -0.326 e. The Labute approximate surface area is 138 Å². The van der Waals surface area contributed by atoms with E-state index in [1.807, 2.05) is 18.2 Å². The zero-order valence-corrected chi connectivity index (χ0v) is 14.1. The highest BCUT2D eigenvalue weighted by Gasteiger charge is 2.32. The van der Waals surface area contributed by atoms with Gasteiger partial charge in [0, 0.05) is 29.6 Å². The molecule has 2 amide bonds. The van der Waals surface area contributed by atoms with Crippen molar-refractivity contribution in [2.75, 3.05) is 10.6 Å². The standard InChI is InChI=1S/C19H26N2O2/c1-19(2)12-18(23)21-16-9-8-14(11-15(16)19)20-17(22)10-7-13-5-3-4-6-13/h8-9,11,13H,3-7,10,12H2,1-2H3,(H,20,22)(H,21,23). The Kier molecular flexibility index (Phi) is 4.42. The molecule has 0 unspecified atom stereocenters. The van der Waals surface area contributed by atoms with Gasteiger partial charge in [0.05, 0.1) is 0 Å². The van der Waals surface area contributed by atoms with Crippen LogP contribution in [0, 0.1) is 5.92 Å². The lowest BCUT2D eigenvalue weighted by molar-refractivity contribution is -0.118. The summed E-state index contributed by atoms with van der Waals surface area (Å²) < 4.78 is 0. The van der Waals surface area contributed by atoms with E-state index in [0.29, 0.717) is 12.8 Å². The monoisotopic (exact) mass is 314 g/mol. The van der Waals surface area contributed by atoms with Crippen LogP contribution in [0.5, 0.6) is 0 Å². The first kappa shape index (κ1) is 16.0. The van der Waals surface area contributed by atoms with E-state index in [1.165, 1.54) is 25.7 Å². The molecule has 0 atom stereocenters. The number of fused-ring (bicyclic) bond motifs is 1. The molecule has 124 valence electrons. The van der Waals surface area contributed by atoms with Gasteiger partial charge in [0.2, 0.25) is 11.8 Å². The molecule has 23 heavy (non-hydrogen) atoms. The van der Waals surface area contributed by atoms with E-state index >= 15 is 0 Å². The Balaban J connectivity index is 1.64. The van der Waals surface area contributed by atoms with Gasteiger partial charge in [0.15, 0.2) is 0 Å². The summed E-state index contributed by atoms with van der Waals surface area (Å²) in [6.45, 7) is 4.13. The van der Waals surface area contributed by atoms with Crippen molar-refractivity contribution in [3.63, 3.8) is 0 Å². The summed E-state index contributed by atoms with van der Waals surface area (Å²) in [5.41, 5.74) is 2.56. The molecule has 0 radical (unpaired) electrons. The predicted molar refractivity (Wildman–Crippen MR) is 92.5 cm³/mol. The Hall–Kier alpha value is -1.84. The Morgan fingerprint density at radius 3 is 2.78 bits per heavy atom. The molecule has 1 heterocycles. The maximum Gasteiger partial charge on any atom is 0.225 e. The maximum absolute atomic E-state index is 12.2. The molecule has 1 aliphatic heterocycles. The van der Waals surface area contributed by atoms with Gasteiger partial charge in [-0.15, -0.1) is 0 Å². The van der Waals surface area contributed by atoms with E-state index in [0.717, 1.165) is 29.3 Å². The number of amides is 2. The van der Waals surface area contributed by atoms with Crippen LogP contribution in [0.3, 0.4) is 0 Å². The molecule has 4 heteroatoms. The molecule has 0 saturated heterocycles. The fourth-order valence-corrected chi connectivity index (χ4v) is 3.84. The third kappa shape index (κ3) is 3.74. The van der Waals surface area contributed by atoms with Crippen LogP contribution in [0.15, 0.2) is 18.2 Å². The first-order valence-corrected chi connectivity index (χ1v) is 8.68. The van der Waals surface area contributed by atoms with Crippen LogP contribution in [0.1, 0.15) is 64.4 Å². The number of nitrogens with one attached hydrogen (secondary N) is 2. The molecule has 3 rings (SSSR count). The van der Waals surface area contributed by atoms with E-state index in [2.05, 4.69) is 24.5 Å². The summed E-state index contributed by atoms with van der Waals surface area (Å²) in [7, 11) is 0. The largest absolute Gasteiger partial charge is 0.326 e. The molecule has 1 aromatic rings. The van der Waals surface area contributed by atoms with Crippen LogP contribution < -0.4 is 10.6 Å². The van der Waals surface area contributed by atoms with E-state index in [4.69, 9.17) is 0 Å². The van der Waals surface area contributed by atoms with Gasteiger partial charge in [-0.25, -0.2) is 0 Å². The van der Waals surface area contributed by atoms with Gasteiger partial charge in [0.1, 0.15) is 0 Å². The molecule has 0 bridgehead atoms. The van der Waals surface area contributed by atoms with Crippen LogP contribution >= 0.6 is 0 Å². The summed E-state index contributed by atoms with van der Waals surface area (Å²) in [6.07, 6.45) is 7.26. The summed E-state index contributed by atoms with van der Waals surface area (Å²) in [4.78, 5) is 23.9. The molecule has 1 saturated carbocycles. The molecule has 0 aromatic heterocycles. The number of carbonyl (C=O) groups excluding carboxylic acids is 2. The van der Waals surface area contributed by atoms with Gasteiger partial charge in [-0.1, -0.05) is 39.5 Å². The normalized spacial score (nSPS) is 20.0. The molecular formula is C19H26N2O2. The number of hydrogen-bond acceptors (Lipinski definition) is 2. The van der Waals surface area contributed by atoms with Gasteiger partial charge >= 0.3 is 0 Å². The fourth-order valence-electron chi connectivity index (χ4n) is 3.84. The lowest BCUT2D eigenvalue weighted by atomic mass is 9.78. The second-order valence-corrected chi connectivity index (χ2v) is 7.61. The quantitative estimate of drug-likeness (QED) is 0.874. The molecule has 2 N–H and O–H groups in total. The number of hydrogen-bond donors (Lipinski definition) is 2. The summed E-state index contributed by atoms with van der Waals surface area (Å²) >= 11 is 0. The molecule has 1 aliphatic carbocycles. The SMILES string of the molecule is CC1(C)CC(=O)Nc2ccc(NC(=O)CCC3CCCC3)cc21. The molecule has 1 fully saturated rings. The lowest BCUT2D eigenvalue weighted by Crippen LogP contribution is -2.32. The zero-order valence-electron chi connectivity index (χ0n) is 14.1. The number of benzene rings is 1. The highest BCUT2D eigenvalue weighted by Crippen LogP contribution is 2.38. The topological polar surface area (TPSA) is 58.2 Å². The van der Waals surface area contributed by atoms with Crippen molar-refractivity contribution in [2.24, 2.45) is 5.92 Å². The minimum atomic E-state index is -0.206. The maximum atomic E-state index is 12.2. The van der Waals surface area contributed by atoms with Gasteiger partial charge in [0.25, 0.3) is 0 Å². The first-order valence-electron chi connectivity index (χ1n) is 8.68. The number of rotatable bonds is 4. The Bertz CT molecular complexity index is 616. The fraction of sp³-hybridized carbons (Fsp3) is 0.579. The van der Waals surface area contributed by atoms with Crippen LogP contribution in [-0.4, -0.2) is 11.8 Å². The highest BCUT2D eigenvalue weighted by atomic mass is 16.2. The van der Waals surface area contributed by atoms with E-state index in [9.17, 15) is 9.59 Å². The van der Waals surface area contributed by atoms with Gasteiger partial charge in [-0.3, -0.25) is 9.59 Å². The van der Waals surface area contributed by atoms with Crippen LogP contribution in [0.25, 0.3) is 0 Å². The van der Waals surface area contributed by atoms with Crippen molar-refractivity contribution < 1.29 is 9.59 Å². The smallest absolute Gasteiger partial charge is 0.225 e. The van der Waals surface area contributed by atoms with Crippen molar-refractivity contribution in [1.82, 2.24) is 0 Å². The van der Waals surface area contributed by atoms with E-state index in [1.54, 1.807) is 0 Å². The van der Waals surface area contributed by atoms with Crippen molar-refractivity contribution in [3.8, 4) is 0 Å². The van der Waals surface area contributed by atoms with Crippen molar-refractivity contribution in [2.45, 2.75) is 64.2 Å². The minimum absolute atomic E-state index is 0.0517.